The molecule has 0 saturated carbocycles. The van der Waals surface area contributed by atoms with E-state index in [0.717, 1.165) is 0 Å². The minimum absolute atomic E-state index is 0.0307. The minimum Gasteiger partial charge on any atom is -0.508 e. The van der Waals surface area contributed by atoms with Crippen LogP contribution in [0.25, 0.3) is 16.7 Å². The zero-order valence-corrected chi connectivity index (χ0v) is 11.4. The van der Waals surface area contributed by atoms with Crippen LogP contribution in [0.2, 0.25) is 0 Å². The van der Waals surface area contributed by atoms with Crippen LogP contribution in [0.5, 0.6) is 11.5 Å². The van der Waals surface area contributed by atoms with Gasteiger partial charge in [0.05, 0.1) is 11.9 Å². The van der Waals surface area contributed by atoms with E-state index >= 15 is 0 Å². The van der Waals surface area contributed by atoms with Crippen LogP contribution in [0, 0.1) is 0 Å². The first-order chi connectivity index (χ1) is 10.7. The van der Waals surface area contributed by atoms with E-state index in [1.165, 1.54) is 35.7 Å². The van der Waals surface area contributed by atoms with Crippen molar-refractivity contribution in [2.24, 2.45) is 4.99 Å². The quantitative estimate of drug-likeness (QED) is 0.438. The fourth-order valence-corrected chi connectivity index (χ4v) is 1.91. The third-order valence-corrected chi connectivity index (χ3v) is 2.90. The average molecular weight is 296 g/mol. The molecular formula is C15H12N4O3. The van der Waals surface area contributed by atoms with Crippen molar-refractivity contribution in [2.45, 2.75) is 0 Å². The summed E-state index contributed by atoms with van der Waals surface area (Å²) < 4.78 is 4.83. The van der Waals surface area contributed by atoms with Gasteiger partial charge in [-0.3, -0.25) is 0 Å². The van der Waals surface area contributed by atoms with Gasteiger partial charge in [-0.25, -0.2) is 4.99 Å². The van der Waals surface area contributed by atoms with Gasteiger partial charge < -0.3 is 14.9 Å². The van der Waals surface area contributed by atoms with Crippen LogP contribution in [0.1, 0.15) is 0 Å². The lowest BCUT2D eigenvalue weighted by molar-refractivity contribution is 0.446. The van der Waals surface area contributed by atoms with E-state index in [0.29, 0.717) is 22.4 Å². The van der Waals surface area contributed by atoms with Crippen LogP contribution in [0.15, 0.2) is 54.2 Å². The molecular weight excluding hydrogens is 284 g/mol. The van der Waals surface area contributed by atoms with Gasteiger partial charge in [0.15, 0.2) is 6.40 Å². The predicted molar refractivity (Wildman–Crippen MR) is 81.6 cm³/mol. The molecule has 0 bridgehead atoms. The number of ether oxygens (including phenoxy) is 1. The summed E-state index contributed by atoms with van der Waals surface area (Å²) in [5.74, 6) is -0.144. The Labute approximate surface area is 125 Å². The lowest BCUT2D eigenvalue weighted by Gasteiger charge is -2.02. The Morgan fingerprint density at radius 1 is 1.09 bits per heavy atom. The number of phenolic OH excluding ortho intramolecular Hbond substituents is 2. The second-order valence-electron chi connectivity index (χ2n) is 4.37. The maximum atomic E-state index is 9.86. The van der Waals surface area contributed by atoms with Crippen LogP contribution in [0.3, 0.4) is 0 Å². The van der Waals surface area contributed by atoms with E-state index in [9.17, 15) is 10.2 Å². The molecule has 0 radical (unpaired) electrons. The van der Waals surface area contributed by atoms with Gasteiger partial charge in [0, 0.05) is 6.07 Å². The second-order valence-corrected chi connectivity index (χ2v) is 4.37. The molecule has 110 valence electrons. The van der Waals surface area contributed by atoms with Crippen LogP contribution in [-0.2, 0) is 4.74 Å². The fourth-order valence-electron chi connectivity index (χ4n) is 1.91. The van der Waals surface area contributed by atoms with Gasteiger partial charge in [0.2, 0.25) is 0 Å². The third-order valence-electron chi connectivity index (χ3n) is 2.90. The summed E-state index contributed by atoms with van der Waals surface area (Å²) in [4.78, 5) is 5.38. The number of aliphatic imine (C=N–C) groups is 1. The van der Waals surface area contributed by atoms with E-state index in [1.54, 1.807) is 18.2 Å². The van der Waals surface area contributed by atoms with Gasteiger partial charge in [-0.15, -0.1) is 15.0 Å². The summed E-state index contributed by atoms with van der Waals surface area (Å²) in [5.41, 5.74) is 2.28. The molecule has 2 N–H and O–H groups in total. The largest absolute Gasteiger partial charge is 0.508 e. The van der Waals surface area contributed by atoms with Crippen molar-refractivity contribution in [3.8, 4) is 17.2 Å². The molecule has 22 heavy (non-hydrogen) atoms. The summed E-state index contributed by atoms with van der Waals surface area (Å²) in [6.45, 7) is 3.41. The number of aromatic hydroxyl groups is 2. The van der Waals surface area contributed by atoms with E-state index in [2.05, 4.69) is 21.8 Å². The Balaban J connectivity index is 2.00. The number of benzene rings is 2. The standard InChI is InChI=1S/C15H12N4O3/c1-2-22-9-16-10-3-5-12-13(7-10)18-19(17-12)14-6-4-11(20)8-15(14)21/h2-9,20-21H,1H2. The van der Waals surface area contributed by atoms with E-state index in [1.807, 2.05) is 0 Å². The highest BCUT2D eigenvalue weighted by molar-refractivity contribution is 5.78. The first-order valence-electron chi connectivity index (χ1n) is 6.36. The average Bonchev–Trinajstić information content (AvgIpc) is 2.90. The molecule has 1 heterocycles. The minimum atomic E-state index is -0.113. The van der Waals surface area contributed by atoms with Crippen molar-refractivity contribution in [2.75, 3.05) is 0 Å². The van der Waals surface area contributed by atoms with Crippen molar-refractivity contribution >= 4 is 23.1 Å². The van der Waals surface area contributed by atoms with E-state index < -0.39 is 0 Å². The Kier molecular flexibility index (Phi) is 3.45. The molecule has 3 aromatic rings. The van der Waals surface area contributed by atoms with Gasteiger partial charge in [0.1, 0.15) is 28.2 Å². The lowest BCUT2D eigenvalue weighted by Crippen LogP contribution is -1.98. The van der Waals surface area contributed by atoms with Crippen molar-refractivity contribution in [1.29, 1.82) is 0 Å². The lowest BCUT2D eigenvalue weighted by atomic mass is 10.3. The molecule has 0 aliphatic rings. The monoisotopic (exact) mass is 296 g/mol. The summed E-state index contributed by atoms with van der Waals surface area (Å²) >= 11 is 0. The van der Waals surface area contributed by atoms with E-state index in [4.69, 9.17) is 4.74 Å². The van der Waals surface area contributed by atoms with Crippen LogP contribution in [0.4, 0.5) is 5.69 Å². The third kappa shape index (κ3) is 2.59. The Hall–Kier alpha value is -3.35. The highest BCUT2D eigenvalue weighted by Gasteiger charge is 2.09. The molecule has 3 rings (SSSR count). The maximum absolute atomic E-state index is 9.86. The van der Waals surface area contributed by atoms with Crippen molar-refractivity contribution < 1.29 is 14.9 Å². The topological polar surface area (TPSA) is 92.8 Å². The number of phenols is 2. The number of hydrogen-bond donors (Lipinski definition) is 2. The molecule has 0 aliphatic heterocycles. The van der Waals surface area contributed by atoms with Crippen LogP contribution >= 0.6 is 0 Å². The molecule has 7 heteroatoms. The van der Waals surface area contributed by atoms with Crippen LogP contribution in [-0.4, -0.2) is 31.6 Å². The number of rotatable bonds is 4. The number of hydrogen-bond acceptors (Lipinski definition) is 6. The smallest absolute Gasteiger partial charge is 0.180 e. The summed E-state index contributed by atoms with van der Waals surface area (Å²) in [6.07, 6.45) is 2.54. The number of fused-ring (bicyclic) bond motifs is 1. The highest BCUT2D eigenvalue weighted by atomic mass is 16.5. The molecule has 0 fully saturated rings. The first kappa shape index (κ1) is 13.6. The van der Waals surface area contributed by atoms with Crippen molar-refractivity contribution in [3.63, 3.8) is 0 Å². The zero-order valence-electron chi connectivity index (χ0n) is 11.4. The molecule has 0 saturated heterocycles. The van der Waals surface area contributed by atoms with Gasteiger partial charge in [-0.2, -0.15) is 0 Å². The van der Waals surface area contributed by atoms with Crippen LogP contribution < -0.4 is 0 Å². The van der Waals surface area contributed by atoms with Crippen molar-refractivity contribution in [1.82, 2.24) is 15.0 Å². The molecule has 7 nitrogen and oxygen atoms in total. The Morgan fingerprint density at radius 2 is 1.91 bits per heavy atom. The molecule has 0 aliphatic carbocycles. The predicted octanol–water partition coefficient (Wildman–Crippen LogP) is 2.65. The molecule has 0 atom stereocenters. The molecule has 2 aromatic carbocycles. The molecule has 0 amide bonds. The van der Waals surface area contributed by atoms with Gasteiger partial charge in [-0.1, -0.05) is 6.58 Å². The summed E-state index contributed by atoms with van der Waals surface area (Å²) in [5, 5.41) is 27.7. The Morgan fingerprint density at radius 3 is 2.68 bits per heavy atom. The van der Waals surface area contributed by atoms with E-state index in [-0.39, 0.29) is 11.5 Å². The van der Waals surface area contributed by atoms with Gasteiger partial charge in [-0.05, 0) is 30.3 Å². The number of aromatic nitrogens is 3. The fraction of sp³-hybridized carbons (Fsp3) is 0. The van der Waals surface area contributed by atoms with Crippen molar-refractivity contribution in [3.05, 3.63) is 49.2 Å². The number of nitrogens with zero attached hydrogens (tertiary/aromatic N) is 4. The normalized spacial score (nSPS) is 11.1. The molecule has 0 spiro atoms. The summed E-state index contributed by atoms with van der Waals surface area (Å²) in [7, 11) is 0. The van der Waals surface area contributed by atoms with Gasteiger partial charge >= 0.3 is 0 Å². The zero-order chi connectivity index (χ0) is 15.5. The second kappa shape index (κ2) is 5.57. The highest BCUT2D eigenvalue weighted by Crippen LogP contribution is 2.26. The maximum Gasteiger partial charge on any atom is 0.180 e. The molecule has 0 unspecified atom stereocenters. The van der Waals surface area contributed by atoms with Gasteiger partial charge in [0.25, 0.3) is 0 Å². The first-order valence-corrected chi connectivity index (χ1v) is 6.36. The summed E-state index contributed by atoms with van der Waals surface area (Å²) in [6, 6.07) is 9.47. The molecule has 1 aromatic heterocycles. The SMILES string of the molecule is C=COC=Nc1ccc2nn(-c3ccc(O)cc3O)nc2c1. The Bertz CT molecular complexity index is 870.